The average molecular weight is 380 g/mol. The molecular formula is C21H21FN4O2. The standard InChI is InChI=1S/C21H21FN4O2/c22-17-11-9-16(10-12-17)19-24-20(28-25-19)18-8-4-5-13-26(18)21(27)23-14-15-6-2-1-3-7-15/h1-3,6-7,9-12,18H,4-5,8,13-14H2,(H,23,27)/t18-/m0/s1. The molecule has 4 rings (SSSR count). The molecule has 7 heteroatoms. The summed E-state index contributed by atoms with van der Waals surface area (Å²) in [5.41, 5.74) is 1.72. The Bertz CT molecular complexity index is 927. The van der Waals surface area contributed by atoms with E-state index in [0.29, 0.717) is 30.4 Å². The van der Waals surface area contributed by atoms with Crippen LogP contribution in [-0.4, -0.2) is 27.6 Å². The van der Waals surface area contributed by atoms with E-state index in [9.17, 15) is 9.18 Å². The molecule has 144 valence electrons. The van der Waals surface area contributed by atoms with E-state index in [1.807, 2.05) is 30.3 Å². The van der Waals surface area contributed by atoms with Gasteiger partial charge >= 0.3 is 6.03 Å². The third-order valence-electron chi connectivity index (χ3n) is 4.88. The summed E-state index contributed by atoms with van der Waals surface area (Å²) in [6.45, 7) is 1.10. The molecule has 1 atom stereocenters. The molecule has 1 fully saturated rings. The number of nitrogens with zero attached hydrogens (tertiary/aromatic N) is 3. The van der Waals surface area contributed by atoms with Crippen LogP contribution in [0.5, 0.6) is 0 Å². The average Bonchev–Trinajstić information content (AvgIpc) is 3.23. The molecule has 6 nitrogen and oxygen atoms in total. The summed E-state index contributed by atoms with van der Waals surface area (Å²) in [7, 11) is 0. The van der Waals surface area contributed by atoms with Crippen LogP contribution in [0.1, 0.15) is 36.8 Å². The maximum Gasteiger partial charge on any atom is 0.318 e. The predicted molar refractivity (Wildman–Crippen MR) is 102 cm³/mol. The molecule has 0 aliphatic carbocycles. The van der Waals surface area contributed by atoms with Crippen molar-refractivity contribution in [1.29, 1.82) is 0 Å². The second-order valence-electron chi connectivity index (χ2n) is 6.81. The van der Waals surface area contributed by atoms with Crippen molar-refractivity contribution >= 4 is 6.03 Å². The fourth-order valence-electron chi connectivity index (χ4n) is 3.39. The summed E-state index contributed by atoms with van der Waals surface area (Å²) in [6, 6.07) is 15.3. The number of urea groups is 1. The Labute approximate surface area is 162 Å². The van der Waals surface area contributed by atoms with E-state index in [0.717, 1.165) is 24.8 Å². The van der Waals surface area contributed by atoms with Gasteiger partial charge in [0, 0.05) is 18.7 Å². The van der Waals surface area contributed by atoms with Crippen molar-refractivity contribution in [2.75, 3.05) is 6.54 Å². The zero-order valence-corrected chi connectivity index (χ0v) is 15.3. The molecule has 2 heterocycles. The molecule has 2 amide bonds. The Morgan fingerprint density at radius 3 is 2.71 bits per heavy atom. The highest BCUT2D eigenvalue weighted by Crippen LogP contribution is 2.31. The summed E-state index contributed by atoms with van der Waals surface area (Å²) in [5, 5.41) is 6.98. The molecule has 28 heavy (non-hydrogen) atoms. The normalized spacial score (nSPS) is 16.8. The summed E-state index contributed by atoms with van der Waals surface area (Å²) < 4.78 is 18.6. The van der Waals surface area contributed by atoms with Gasteiger partial charge in [-0.25, -0.2) is 9.18 Å². The van der Waals surface area contributed by atoms with Gasteiger partial charge in [-0.3, -0.25) is 0 Å². The van der Waals surface area contributed by atoms with Gasteiger partial charge in [0.1, 0.15) is 11.9 Å². The lowest BCUT2D eigenvalue weighted by atomic mass is 10.0. The lowest BCUT2D eigenvalue weighted by molar-refractivity contribution is 0.131. The molecule has 3 aromatic rings. The largest absolute Gasteiger partial charge is 0.337 e. The Morgan fingerprint density at radius 2 is 1.93 bits per heavy atom. The number of nitrogens with one attached hydrogen (secondary N) is 1. The van der Waals surface area contributed by atoms with Crippen molar-refractivity contribution in [2.45, 2.75) is 31.8 Å². The number of rotatable bonds is 4. The number of amides is 2. The smallest absolute Gasteiger partial charge is 0.318 e. The molecule has 0 unspecified atom stereocenters. The third-order valence-corrected chi connectivity index (χ3v) is 4.88. The Balaban J connectivity index is 1.47. The first kappa shape index (κ1) is 18.2. The summed E-state index contributed by atoms with van der Waals surface area (Å²) >= 11 is 0. The molecular weight excluding hydrogens is 359 g/mol. The topological polar surface area (TPSA) is 71.3 Å². The van der Waals surface area contributed by atoms with Gasteiger partial charge in [0.2, 0.25) is 11.7 Å². The van der Waals surface area contributed by atoms with Crippen molar-refractivity contribution in [2.24, 2.45) is 0 Å². The summed E-state index contributed by atoms with van der Waals surface area (Å²) in [4.78, 5) is 19.0. The van der Waals surface area contributed by atoms with Crippen molar-refractivity contribution in [3.8, 4) is 11.4 Å². The molecule has 0 saturated carbocycles. The number of hydrogen-bond acceptors (Lipinski definition) is 4. The van der Waals surface area contributed by atoms with Gasteiger partial charge in [-0.1, -0.05) is 35.5 Å². The van der Waals surface area contributed by atoms with Gasteiger partial charge in [0.05, 0.1) is 0 Å². The van der Waals surface area contributed by atoms with Crippen LogP contribution >= 0.6 is 0 Å². The molecule has 0 spiro atoms. The highest BCUT2D eigenvalue weighted by atomic mass is 19.1. The maximum atomic E-state index is 13.1. The fourth-order valence-corrected chi connectivity index (χ4v) is 3.39. The second kappa shape index (κ2) is 8.21. The fraction of sp³-hybridized carbons (Fsp3) is 0.286. The Hall–Kier alpha value is -3.22. The molecule has 0 radical (unpaired) electrons. The number of piperidine rings is 1. The summed E-state index contributed by atoms with van der Waals surface area (Å²) in [5.74, 6) is 0.486. The number of carbonyl (C=O) groups excluding carboxylic acids is 1. The molecule has 1 aliphatic heterocycles. The van der Waals surface area contributed by atoms with E-state index in [2.05, 4.69) is 15.5 Å². The van der Waals surface area contributed by atoms with Crippen LogP contribution in [0.4, 0.5) is 9.18 Å². The van der Waals surface area contributed by atoms with Gasteiger partial charge < -0.3 is 14.7 Å². The minimum atomic E-state index is -0.319. The first-order valence-electron chi connectivity index (χ1n) is 9.38. The minimum Gasteiger partial charge on any atom is -0.337 e. The zero-order valence-electron chi connectivity index (χ0n) is 15.3. The SMILES string of the molecule is O=C(NCc1ccccc1)N1CCCC[C@H]1c1nc(-c2ccc(F)cc2)no1. The van der Waals surface area contributed by atoms with Crippen LogP contribution in [0.25, 0.3) is 11.4 Å². The van der Waals surface area contributed by atoms with E-state index < -0.39 is 0 Å². The second-order valence-corrected chi connectivity index (χ2v) is 6.81. The van der Waals surface area contributed by atoms with Crippen LogP contribution in [0.2, 0.25) is 0 Å². The number of carbonyl (C=O) groups is 1. The highest BCUT2D eigenvalue weighted by Gasteiger charge is 2.32. The third kappa shape index (κ3) is 4.03. The van der Waals surface area contributed by atoms with Crippen molar-refractivity contribution in [3.63, 3.8) is 0 Å². The van der Waals surface area contributed by atoms with Crippen molar-refractivity contribution in [3.05, 3.63) is 71.9 Å². The quantitative estimate of drug-likeness (QED) is 0.732. The molecule has 1 aliphatic rings. The lowest BCUT2D eigenvalue weighted by Gasteiger charge is -2.33. The van der Waals surface area contributed by atoms with Crippen molar-refractivity contribution < 1.29 is 13.7 Å². The van der Waals surface area contributed by atoms with Crippen LogP contribution in [-0.2, 0) is 6.54 Å². The first-order chi connectivity index (χ1) is 13.7. The van der Waals surface area contributed by atoms with Crippen LogP contribution < -0.4 is 5.32 Å². The van der Waals surface area contributed by atoms with E-state index >= 15 is 0 Å². The molecule has 2 aromatic carbocycles. The molecule has 1 aromatic heterocycles. The van der Waals surface area contributed by atoms with Crippen molar-refractivity contribution in [1.82, 2.24) is 20.4 Å². The Morgan fingerprint density at radius 1 is 1.14 bits per heavy atom. The predicted octanol–water partition coefficient (Wildman–Crippen LogP) is 4.31. The first-order valence-corrected chi connectivity index (χ1v) is 9.38. The van der Waals surface area contributed by atoms with Crippen LogP contribution in [0, 0.1) is 5.82 Å². The van der Waals surface area contributed by atoms with E-state index in [-0.39, 0.29) is 17.9 Å². The monoisotopic (exact) mass is 380 g/mol. The van der Waals surface area contributed by atoms with Gasteiger partial charge in [-0.15, -0.1) is 0 Å². The minimum absolute atomic E-state index is 0.143. The summed E-state index contributed by atoms with van der Waals surface area (Å²) in [6.07, 6.45) is 2.69. The molecule has 1 saturated heterocycles. The number of likely N-dealkylation sites (tertiary alicyclic amines) is 1. The number of halogens is 1. The van der Waals surface area contributed by atoms with Crippen LogP contribution in [0.15, 0.2) is 59.1 Å². The number of hydrogen-bond donors (Lipinski definition) is 1. The lowest BCUT2D eigenvalue weighted by Crippen LogP contribution is -2.44. The van der Waals surface area contributed by atoms with E-state index in [1.54, 1.807) is 17.0 Å². The van der Waals surface area contributed by atoms with Gasteiger partial charge in [-0.2, -0.15) is 4.98 Å². The van der Waals surface area contributed by atoms with Gasteiger partial charge in [0.25, 0.3) is 0 Å². The highest BCUT2D eigenvalue weighted by molar-refractivity contribution is 5.74. The van der Waals surface area contributed by atoms with Gasteiger partial charge in [-0.05, 0) is 49.1 Å². The number of aromatic nitrogens is 2. The van der Waals surface area contributed by atoms with Gasteiger partial charge in [0.15, 0.2) is 0 Å². The Kier molecular flexibility index (Phi) is 5.32. The maximum absolute atomic E-state index is 13.1. The molecule has 0 bridgehead atoms. The van der Waals surface area contributed by atoms with E-state index in [1.165, 1.54) is 12.1 Å². The zero-order chi connectivity index (χ0) is 19.3. The number of benzene rings is 2. The molecule has 1 N–H and O–H groups in total. The van der Waals surface area contributed by atoms with E-state index in [4.69, 9.17) is 4.52 Å². The van der Waals surface area contributed by atoms with Crippen LogP contribution in [0.3, 0.4) is 0 Å².